The Bertz CT molecular complexity index is 1360. The first-order chi connectivity index (χ1) is 20.9. The maximum atomic E-state index is 11.5. The Morgan fingerprint density at radius 3 is 1.85 bits per heavy atom. The van der Waals surface area contributed by atoms with E-state index >= 15 is 0 Å². The van der Waals surface area contributed by atoms with Crippen LogP contribution in [-0.2, 0) is 23.8 Å². The van der Waals surface area contributed by atoms with Crippen molar-refractivity contribution >= 4 is 119 Å². The lowest BCUT2D eigenvalue weighted by molar-refractivity contribution is -0.394. The summed E-state index contributed by atoms with van der Waals surface area (Å²) in [5, 5.41) is 28.4. The lowest BCUT2D eigenvalue weighted by atomic mass is 10.2. The molecule has 4 aromatic rings. The molecule has 0 fully saturated rings. The van der Waals surface area contributed by atoms with Crippen molar-refractivity contribution in [1.29, 1.82) is 0 Å². The maximum Gasteiger partial charge on any atom is 0.514 e. The lowest BCUT2D eigenvalue weighted by Gasteiger charge is -2.04. The summed E-state index contributed by atoms with van der Waals surface area (Å²) < 4.78 is 9.87. The number of thiazole rings is 3. The molecule has 3 aromatic heterocycles. The van der Waals surface area contributed by atoms with Crippen LogP contribution in [0.3, 0.4) is 0 Å². The molecule has 4 rings (SSSR count). The van der Waals surface area contributed by atoms with Crippen LogP contribution in [0.25, 0.3) is 0 Å². The zero-order valence-electron chi connectivity index (χ0n) is 25.9. The van der Waals surface area contributed by atoms with Crippen molar-refractivity contribution in [3.8, 4) is 5.75 Å². The smallest absolute Gasteiger partial charge is 0.514 e. The number of aromatic amines is 1. The van der Waals surface area contributed by atoms with Gasteiger partial charge < -0.3 is 27.0 Å². The van der Waals surface area contributed by atoms with Gasteiger partial charge in [0.25, 0.3) is 5.69 Å². The highest BCUT2D eigenvalue weighted by atomic mass is 128. The van der Waals surface area contributed by atoms with Crippen molar-refractivity contribution in [2.75, 3.05) is 0 Å². The second kappa shape index (κ2) is 26.4. The molecule has 0 aliphatic rings. The normalized spacial score (nSPS) is 9.85. The second-order valence-electron chi connectivity index (χ2n) is 9.75. The van der Waals surface area contributed by atoms with Crippen LogP contribution in [0.15, 0.2) is 40.4 Å². The van der Waals surface area contributed by atoms with Gasteiger partial charge in [-0.25, -0.2) is 19.7 Å². The molecule has 1 aromatic carbocycles. The van der Waals surface area contributed by atoms with E-state index in [9.17, 15) is 14.9 Å². The van der Waals surface area contributed by atoms with Gasteiger partial charge in [0.1, 0.15) is 18.2 Å². The van der Waals surface area contributed by atoms with Crippen LogP contribution in [0.1, 0.15) is 91.4 Å². The van der Waals surface area contributed by atoms with Crippen molar-refractivity contribution in [3.63, 3.8) is 0 Å². The van der Waals surface area contributed by atoms with E-state index in [0.717, 1.165) is 21.4 Å². The highest BCUT2D eigenvalue weighted by molar-refractivity contribution is 15.0. The molecule has 0 bridgehead atoms. The number of rotatable bonds is 9. The molecule has 0 radical (unpaired) electrons. The third kappa shape index (κ3) is 18.3. The van der Waals surface area contributed by atoms with Crippen LogP contribution < -0.4 is 22.1 Å². The molecule has 2 N–H and O–H groups in total. The minimum absolute atomic E-state index is 0. The fraction of sp³-hybridized carbons (Fsp3) is 0.429. The third-order valence-corrected chi connectivity index (χ3v) is 9.06. The Labute approximate surface area is 333 Å². The number of aromatic nitrogens is 3. The average Bonchev–Trinajstić information content (AvgIpc) is 3.79. The van der Waals surface area contributed by atoms with Crippen LogP contribution in [0.4, 0.5) is 10.5 Å². The molecular formula is C28H37Cl2I3N4O6S3. The predicted molar refractivity (Wildman–Crippen MR) is 210 cm³/mol. The Morgan fingerprint density at radius 1 is 0.957 bits per heavy atom. The first-order valence-corrected chi connectivity index (χ1v) is 22.7. The Morgan fingerprint density at radius 2 is 1.48 bits per heavy atom. The number of nitrogens with one attached hydrogen (secondary N) is 1. The topological polar surface area (TPSA) is 139 Å². The fourth-order valence-electron chi connectivity index (χ4n) is 2.91. The van der Waals surface area contributed by atoms with E-state index in [4.69, 9.17) is 26.2 Å². The summed E-state index contributed by atoms with van der Waals surface area (Å²) in [5.41, 5.74) is 2.49. The number of hydrogen-bond acceptors (Lipinski definition) is 11. The van der Waals surface area contributed by atoms with Crippen molar-refractivity contribution in [2.24, 2.45) is 0 Å². The highest BCUT2D eigenvalue weighted by Crippen LogP contribution is 2.21. The van der Waals surface area contributed by atoms with E-state index < -0.39 is 11.1 Å². The average molecular weight is 1070 g/mol. The molecule has 258 valence electrons. The summed E-state index contributed by atoms with van der Waals surface area (Å²) in [6, 6.07) is 5.16. The zero-order valence-corrected chi connectivity index (χ0v) is 36.5. The van der Waals surface area contributed by atoms with E-state index in [0.29, 0.717) is 29.3 Å². The standard InChI is InChI=1S/C14H14N2O5S.C7H10ClNS.C7H11NOS.ClH.I2.HI/c1-9(2)13-15-10(8-22-13)7-20-14(17)21-12-5-3-11(4-6-12)16(18)19;1-5(2)7-9-6(3-8)4-10-7;1-5(2)7-8-6(3-9)4-10-7;;1-2;/h3-6,8-9H,7H2,1-2H3;4-5H,3H2,1-2H3;4-5,9H,3H2,1-2H3;1H;;1H. The van der Waals surface area contributed by atoms with Crippen molar-refractivity contribution in [2.45, 2.75) is 78.4 Å². The van der Waals surface area contributed by atoms with E-state index in [2.05, 4.69) is 85.3 Å². The quantitative estimate of drug-likeness (QED) is 0.0456. The van der Waals surface area contributed by atoms with E-state index in [1.54, 1.807) is 22.7 Å². The van der Waals surface area contributed by atoms with Gasteiger partial charge in [-0.15, -0.1) is 58.3 Å². The largest absolute Gasteiger partial charge is 1.00 e. The van der Waals surface area contributed by atoms with Gasteiger partial charge in [0.05, 0.1) is 38.3 Å². The number of non-ortho nitro benzene ring substituents is 1. The Kier molecular flexibility index (Phi) is 27.3. The first kappa shape index (κ1) is 47.6. The minimum Gasteiger partial charge on any atom is -1.00 e. The summed E-state index contributed by atoms with van der Waals surface area (Å²) in [4.78, 5) is 33.3. The molecule has 0 atom stereocenters. The van der Waals surface area contributed by atoms with Crippen molar-refractivity contribution in [1.82, 2.24) is 9.97 Å². The van der Waals surface area contributed by atoms with Gasteiger partial charge >= 0.3 is 6.16 Å². The lowest BCUT2D eigenvalue weighted by Crippen LogP contribution is -3.00. The van der Waals surface area contributed by atoms with E-state index in [1.807, 2.05) is 24.6 Å². The summed E-state index contributed by atoms with van der Waals surface area (Å²) >= 11 is 14.7. The summed E-state index contributed by atoms with van der Waals surface area (Å²) in [6.45, 7) is 12.7. The number of halogens is 5. The Hall–Kier alpha value is -0.490. The molecule has 0 amide bonds. The third-order valence-electron chi connectivity index (χ3n) is 5.16. The molecule has 0 unspecified atom stereocenters. The van der Waals surface area contributed by atoms with Gasteiger partial charge in [0.2, 0.25) is 10.7 Å². The molecule has 46 heavy (non-hydrogen) atoms. The van der Waals surface area contributed by atoms with E-state index in [-0.39, 0.29) is 61.0 Å². The molecular weight excluding hydrogens is 1040 g/mol. The number of aliphatic hydroxyl groups excluding tert-OH is 1. The highest BCUT2D eigenvalue weighted by Gasteiger charge is 2.13. The number of carbonyl (C=O) groups is 1. The molecule has 0 spiro atoms. The minimum atomic E-state index is -0.882. The van der Waals surface area contributed by atoms with Gasteiger partial charge in [-0.05, 0) is 12.1 Å². The van der Waals surface area contributed by atoms with Crippen molar-refractivity contribution < 1.29 is 41.7 Å². The number of alkyl halides is 1. The van der Waals surface area contributed by atoms with Crippen LogP contribution in [0.5, 0.6) is 5.75 Å². The molecule has 0 aliphatic carbocycles. The summed E-state index contributed by atoms with van der Waals surface area (Å²) in [5.74, 6) is 2.15. The molecule has 0 aliphatic heterocycles. The number of aliphatic hydroxyl groups is 1. The fourth-order valence-corrected chi connectivity index (χ4v) is 5.66. The Balaban J connectivity index is 0. The SMILES string of the molecule is CC(C)c1[nH+]c(CCl)cs1.CC(C)c1nc(CO)cs1.CC(C)c1nc(COC(=O)Oc2ccc([N+](=O)[O-])cc2)cs1.I.II.[Cl-]. The molecule has 10 nitrogen and oxygen atoms in total. The van der Waals surface area contributed by atoms with Crippen LogP contribution in [-0.4, -0.2) is 26.2 Å². The molecule has 0 saturated carbocycles. The second-order valence-corrected chi connectivity index (χ2v) is 12.7. The monoisotopic (exact) mass is 1070 g/mol. The molecule has 18 heteroatoms. The van der Waals surface area contributed by atoms with Crippen molar-refractivity contribution in [3.05, 3.63) is 82.6 Å². The van der Waals surface area contributed by atoms with Crippen LogP contribution in [0, 0.1) is 10.1 Å². The van der Waals surface area contributed by atoms with Crippen LogP contribution >= 0.6 is 107 Å². The van der Waals surface area contributed by atoms with Crippen LogP contribution in [0.2, 0.25) is 0 Å². The molecule has 3 heterocycles. The van der Waals surface area contributed by atoms with Gasteiger partial charge in [-0.1, -0.05) is 52.9 Å². The number of hydrogen-bond donors (Lipinski definition) is 1. The first-order valence-electron chi connectivity index (χ1n) is 13.2. The number of nitrogens with zero attached hydrogens (tertiary/aromatic N) is 3. The number of benzene rings is 1. The number of nitro benzene ring substituents is 1. The maximum absolute atomic E-state index is 11.5. The number of nitro groups is 1. The predicted octanol–water partition coefficient (Wildman–Crippen LogP) is 7.47. The van der Waals surface area contributed by atoms with Gasteiger partial charge in [0.15, 0.2) is 0 Å². The zero-order chi connectivity index (χ0) is 33.2. The summed E-state index contributed by atoms with van der Waals surface area (Å²) in [6.07, 6.45) is -0.882. The number of carbonyl (C=O) groups excluding carboxylic acids is 1. The molecule has 0 saturated heterocycles. The van der Waals surface area contributed by atoms with Gasteiger partial charge in [-0.3, -0.25) is 10.1 Å². The van der Waals surface area contributed by atoms with Gasteiger partial charge in [-0.2, -0.15) is 0 Å². The number of ether oxygens (including phenoxy) is 2. The summed E-state index contributed by atoms with van der Waals surface area (Å²) in [7, 11) is 0. The van der Waals surface area contributed by atoms with E-state index in [1.165, 1.54) is 40.6 Å². The number of H-pyrrole nitrogens is 1. The van der Waals surface area contributed by atoms with Gasteiger partial charge in [0, 0.05) is 77.9 Å².